The van der Waals surface area contributed by atoms with Gasteiger partial charge in [0.25, 0.3) is 5.91 Å². The Morgan fingerprint density at radius 2 is 1.79 bits per heavy atom. The van der Waals surface area contributed by atoms with Gasteiger partial charge in [0.2, 0.25) is 10.0 Å². The molecular weight excluding hydrogens is 445 g/mol. The first-order valence-corrected chi connectivity index (χ1v) is 11.6. The summed E-state index contributed by atoms with van der Waals surface area (Å²) in [6, 6.07) is 17.1. The number of hydrogen-bond acceptors (Lipinski definition) is 4. The molecule has 170 valence electrons. The van der Waals surface area contributed by atoms with Crippen LogP contribution in [0.1, 0.15) is 27.5 Å². The number of furan rings is 1. The summed E-state index contributed by atoms with van der Waals surface area (Å²) in [6.45, 7) is 3.66. The maximum Gasteiger partial charge on any atom is 0.257 e. The monoisotopic (exact) mass is 467 g/mol. The fourth-order valence-corrected chi connectivity index (χ4v) is 4.62. The molecular formula is C24H22FN3O4S. The summed E-state index contributed by atoms with van der Waals surface area (Å²) in [5.74, 6) is -0.234. The zero-order valence-corrected chi connectivity index (χ0v) is 18.8. The van der Waals surface area contributed by atoms with Crippen molar-refractivity contribution >= 4 is 21.6 Å². The van der Waals surface area contributed by atoms with E-state index in [0.29, 0.717) is 22.7 Å². The number of nitrogens with zero attached hydrogens (tertiary/aromatic N) is 1. The highest BCUT2D eigenvalue weighted by atomic mass is 32.2. The summed E-state index contributed by atoms with van der Waals surface area (Å²) in [6.07, 6.45) is 1.47. The van der Waals surface area contributed by atoms with Crippen LogP contribution in [0.3, 0.4) is 0 Å². The SMILES string of the molecule is Cc1cc(C(=O)Nc2cccc(S(=O)(=O)NCc3ccco3)c2)c(C)n1-c1ccc(F)cc1. The molecule has 0 fully saturated rings. The number of carbonyl (C=O) groups is 1. The first-order chi connectivity index (χ1) is 15.7. The van der Waals surface area contributed by atoms with Crippen LogP contribution in [-0.4, -0.2) is 18.9 Å². The summed E-state index contributed by atoms with van der Waals surface area (Å²) in [5.41, 5.74) is 3.00. The van der Waals surface area contributed by atoms with Crippen molar-refractivity contribution in [1.29, 1.82) is 0 Å². The Labute approximate surface area is 190 Å². The molecule has 0 atom stereocenters. The molecule has 4 rings (SSSR count). The lowest BCUT2D eigenvalue weighted by Gasteiger charge is -2.11. The molecule has 4 aromatic rings. The van der Waals surface area contributed by atoms with Gasteiger partial charge >= 0.3 is 0 Å². The Morgan fingerprint density at radius 3 is 2.48 bits per heavy atom. The Morgan fingerprint density at radius 1 is 1.03 bits per heavy atom. The number of carbonyl (C=O) groups excluding carboxylic acids is 1. The van der Waals surface area contributed by atoms with Gasteiger partial charge in [0.15, 0.2) is 0 Å². The zero-order valence-electron chi connectivity index (χ0n) is 18.0. The summed E-state index contributed by atoms with van der Waals surface area (Å²) in [4.78, 5) is 13.0. The molecule has 2 N–H and O–H groups in total. The van der Waals surface area contributed by atoms with E-state index in [9.17, 15) is 17.6 Å². The number of anilines is 1. The molecule has 0 aliphatic heterocycles. The number of rotatable bonds is 7. The summed E-state index contributed by atoms with van der Waals surface area (Å²) >= 11 is 0. The topological polar surface area (TPSA) is 93.3 Å². The van der Waals surface area contributed by atoms with Crippen molar-refractivity contribution in [2.75, 3.05) is 5.32 Å². The highest BCUT2D eigenvalue weighted by Crippen LogP contribution is 2.23. The zero-order chi connectivity index (χ0) is 23.6. The van der Waals surface area contributed by atoms with Gasteiger partial charge in [-0.2, -0.15) is 0 Å². The summed E-state index contributed by atoms with van der Waals surface area (Å²) in [5, 5.41) is 2.76. The predicted octanol–water partition coefficient (Wildman–Crippen LogP) is 4.56. The average molecular weight is 468 g/mol. The number of nitrogens with one attached hydrogen (secondary N) is 2. The van der Waals surface area contributed by atoms with Gasteiger partial charge in [0.1, 0.15) is 11.6 Å². The van der Waals surface area contributed by atoms with Crippen molar-refractivity contribution in [3.63, 3.8) is 0 Å². The van der Waals surface area contributed by atoms with Gasteiger partial charge in [-0.25, -0.2) is 17.5 Å². The molecule has 2 aromatic heterocycles. The van der Waals surface area contributed by atoms with Crippen LogP contribution in [-0.2, 0) is 16.6 Å². The van der Waals surface area contributed by atoms with Crippen molar-refractivity contribution in [1.82, 2.24) is 9.29 Å². The van der Waals surface area contributed by atoms with Crippen LogP contribution in [0, 0.1) is 19.7 Å². The first-order valence-electron chi connectivity index (χ1n) is 10.1. The maximum atomic E-state index is 13.3. The fourth-order valence-electron chi connectivity index (χ4n) is 3.58. The van der Waals surface area contributed by atoms with Crippen LogP contribution in [0.25, 0.3) is 5.69 Å². The van der Waals surface area contributed by atoms with E-state index in [1.165, 1.54) is 30.5 Å². The van der Waals surface area contributed by atoms with E-state index < -0.39 is 10.0 Å². The van der Waals surface area contributed by atoms with Crippen molar-refractivity contribution in [2.24, 2.45) is 0 Å². The van der Waals surface area contributed by atoms with Crippen LogP contribution in [0.2, 0.25) is 0 Å². The van der Waals surface area contributed by atoms with Crippen LogP contribution < -0.4 is 10.0 Å². The molecule has 0 unspecified atom stereocenters. The summed E-state index contributed by atoms with van der Waals surface area (Å²) < 4.78 is 48.0. The molecule has 33 heavy (non-hydrogen) atoms. The third kappa shape index (κ3) is 4.89. The van der Waals surface area contributed by atoms with Crippen LogP contribution in [0.4, 0.5) is 10.1 Å². The average Bonchev–Trinajstić information content (AvgIpc) is 3.41. The molecule has 0 aliphatic rings. The molecule has 0 saturated heterocycles. The Hall–Kier alpha value is -3.69. The number of amides is 1. The van der Waals surface area contributed by atoms with E-state index in [4.69, 9.17) is 4.42 Å². The highest BCUT2D eigenvalue weighted by Gasteiger charge is 2.19. The predicted molar refractivity (Wildman–Crippen MR) is 122 cm³/mol. The smallest absolute Gasteiger partial charge is 0.257 e. The van der Waals surface area contributed by atoms with Gasteiger partial charge in [-0.15, -0.1) is 0 Å². The van der Waals surface area contributed by atoms with E-state index in [-0.39, 0.29) is 23.2 Å². The molecule has 1 amide bonds. The summed E-state index contributed by atoms with van der Waals surface area (Å²) in [7, 11) is -3.81. The van der Waals surface area contributed by atoms with E-state index in [0.717, 1.165) is 11.4 Å². The van der Waals surface area contributed by atoms with Crippen molar-refractivity contribution in [3.8, 4) is 5.69 Å². The minimum Gasteiger partial charge on any atom is -0.468 e. The van der Waals surface area contributed by atoms with Gasteiger partial charge in [0.05, 0.1) is 23.3 Å². The third-order valence-electron chi connectivity index (χ3n) is 5.18. The number of aryl methyl sites for hydroxylation is 1. The second kappa shape index (κ2) is 9.05. The standard InChI is InChI=1S/C24H22FN3O4S/c1-16-13-23(17(2)28(16)20-10-8-18(25)9-11-20)24(29)27-19-5-3-7-22(14-19)33(30,31)26-15-21-6-4-12-32-21/h3-14,26H,15H2,1-2H3,(H,27,29). The fraction of sp³-hybridized carbons (Fsp3) is 0.125. The molecule has 2 aromatic carbocycles. The van der Waals surface area contributed by atoms with Gasteiger partial charge < -0.3 is 14.3 Å². The lowest BCUT2D eigenvalue weighted by Crippen LogP contribution is -2.23. The van der Waals surface area contributed by atoms with Crippen molar-refractivity contribution < 1.29 is 22.0 Å². The van der Waals surface area contributed by atoms with Crippen molar-refractivity contribution in [3.05, 3.63) is 102 Å². The Balaban J connectivity index is 1.53. The lowest BCUT2D eigenvalue weighted by atomic mass is 10.2. The van der Waals surface area contributed by atoms with Gasteiger partial charge in [-0.3, -0.25) is 4.79 Å². The number of hydrogen-bond donors (Lipinski definition) is 2. The van der Waals surface area contributed by atoms with Crippen LogP contribution in [0.15, 0.2) is 82.3 Å². The second-order valence-corrected chi connectivity index (χ2v) is 9.25. The first kappa shape index (κ1) is 22.5. The largest absolute Gasteiger partial charge is 0.468 e. The highest BCUT2D eigenvalue weighted by molar-refractivity contribution is 7.89. The molecule has 0 aliphatic carbocycles. The van der Waals surface area contributed by atoms with Crippen molar-refractivity contribution in [2.45, 2.75) is 25.3 Å². The molecule has 0 saturated carbocycles. The quantitative estimate of drug-likeness (QED) is 0.417. The van der Waals surface area contributed by atoms with Crippen LogP contribution in [0.5, 0.6) is 0 Å². The molecule has 0 spiro atoms. The van der Waals surface area contributed by atoms with E-state index in [1.54, 1.807) is 49.4 Å². The maximum absolute atomic E-state index is 13.3. The van der Waals surface area contributed by atoms with E-state index in [2.05, 4.69) is 10.0 Å². The van der Waals surface area contributed by atoms with Gasteiger partial charge in [-0.1, -0.05) is 6.07 Å². The number of sulfonamides is 1. The van der Waals surface area contributed by atoms with Gasteiger partial charge in [-0.05, 0) is 74.5 Å². The lowest BCUT2D eigenvalue weighted by molar-refractivity contribution is 0.102. The molecule has 0 bridgehead atoms. The minimum atomic E-state index is -3.81. The number of halogens is 1. The normalized spacial score (nSPS) is 11.5. The molecule has 9 heteroatoms. The van der Waals surface area contributed by atoms with E-state index >= 15 is 0 Å². The minimum absolute atomic E-state index is 0.0152. The van der Waals surface area contributed by atoms with E-state index in [1.807, 2.05) is 11.5 Å². The molecule has 7 nitrogen and oxygen atoms in total. The van der Waals surface area contributed by atoms with Crippen LogP contribution >= 0.6 is 0 Å². The Bertz CT molecular complexity index is 1390. The molecule has 0 radical (unpaired) electrons. The number of benzene rings is 2. The second-order valence-electron chi connectivity index (χ2n) is 7.48. The van der Waals surface area contributed by atoms with Gasteiger partial charge in [0, 0.05) is 22.8 Å². The third-order valence-corrected chi connectivity index (χ3v) is 6.58. The molecule has 2 heterocycles. The Kier molecular flexibility index (Phi) is 6.17. The number of aromatic nitrogens is 1.